The zero-order chi connectivity index (χ0) is 14.1. The lowest BCUT2D eigenvalue weighted by Gasteiger charge is -2.23. The number of nitrogen functional groups attached to an aromatic ring is 1. The molecule has 0 fully saturated rings. The molecule has 0 radical (unpaired) electrons. The maximum Gasteiger partial charge on any atom is 0.253 e. The first-order valence-electron chi connectivity index (χ1n) is 6.69. The van der Waals surface area contributed by atoms with E-state index < -0.39 is 0 Å². The Morgan fingerprint density at radius 1 is 1.43 bits per heavy atom. The van der Waals surface area contributed by atoms with Gasteiger partial charge in [-0.15, -0.1) is 12.4 Å². The molecule has 7 heteroatoms. The maximum absolute atomic E-state index is 12.2. The third-order valence-electron chi connectivity index (χ3n) is 3.50. The van der Waals surface area contributed by atoms with E-state index in [-0.39, 0.29) is 24.4 Å². The smallest absolute Gasteiger partial charge is 0.253 e. The van der Waals surface area contributed by atoms with Crippen LogP contribution in [0.15, 0.2) is 24.3 Å². The SMILES string of the molecule is Cc1nc2n(n1)CC(NC(=O)c1ccccc1N)CC2.Cl. The predicted octanol–water partition coefficient (Wildman–Crippen LogP) is 1.34. The topological polar surface area (TPSA) is 85.8 Å². The summed E-state index contributed by atoms with van der Waals surface area (Å²) in [4.78, 5) is 16.6. The Hall–Kier alpha value is -2.08. The van der Waals surface area contributed by atoms with Gasteiger partial charge in [-0.1, -0.05) is 12.1 Å². The van der Waals surface area contributed by atoms with E-state index in [1.807, 2.05) is 23.7 Å². The number of hydrogen-bond acceptors (Lipinski definition) is 4. The molecule has 112 valence electrons. The molecule has 1 aromatic heterocycles. The van der Waals surface area contributed by atoms with Crippen molar-refractivity contribution in [1.29, 1.82) is 0 Å². The molecular formula is C14H18ClN5O. The van der Waals surface area contributed by atoms with E-state index in [4.69, 9.17) is 5.73 Å². The van der Waals surface area contributed by atoms with Gasteiger partial charge in [-0.3, -0.25) is 4.79 Å². The van der Waals surface area contributed by atoms with E-state index in [0.29, 0.717) is 17.8 Å². The largest absolute Gasteiger partial charge is 0.398 e. The number of carbonyl (C=O) groups is 1. The minimum absolute atomic E-state index is 0. The van der Waals surface area contributed by atoms with Crippen molar-refractivity contribution >= 4 is 24.0 Å². The second-order valence-electron chi connectivity index (χ2n) is 5.05. The van der Waals surface area contributed by atoms with Gasteiger partial charge in [0.15, 0.2) is 0 Å². The molecular weight excluding hydrogens is 290 g/mol. The van der Waals surface area contributed by atoms with Crippen LogP contribution in [0.2, 0.25) is 0 Å². The average Bonchev–Trinajstić information content (AvgIpc) is 2.78. The summed E-state index contributed by atoms with van der Waals surface area (Å²) in [5.41, 5.74) is 6.84. The summed E-state index contributed by atoms with van der Waals surface area (Å²) in [6.45, 7) is 2.54. The Morgan fingerprint density at radius 3 is 2.95 bits per heavy atom. The Morgan fingerprint density at radius 2 is 2.19 bits per heavy atom. The molecule has 0 bridgehead atoms. The van der Waals surface area contributed by atoms with Gasteiger partial charge in [-0.05, 0) is 25.5 Å². The fourth-order valence-electron chi connectivity index (χ4n) is 2.52. The number of halogens is 1. The van der Waals surface area contributed by atoms with Gasteiger partial charge in [0.1, 0.15) is 11.6 Å². The highest BCUT2D eigenvalue weighted by molar-refractivity contribution is 5.99. The molecule has 0 saturated carbocycles. The number of fused-ring (bicyclic) bond motifs is 1. The number of aromatic nitrogens is 3. The standard InChI is InChI=1S/C14H17N5O.ClH/c1-9-16-13-7-6-10(8-19(13)18-9)17-14(20)11-4-2-3-5-12(11)15;/h2-5,10H,6-8,15H2,1H3,(H,17,20);1H. The van der Waals surface area contributed by atoms with Crippen LogP contribution in [0.5, 0.6) is 0 Å². The number of anilines is 1. The number of nitrogens with one attached hydrogen (secondary N) is 1. The fourth-order valence-corrected chi connectivity index (χ4v) is 2.52. The summed E-state index contributed by atoms with van der Waals surface area (Å²) >= 11 is 0. The van der Waals surface area contributed by atoms with Gasteiger partial charge >= 0.3 is 0 Å². The van der Waals surface area contributed by atoms with Crippen LogP contribution in [0.4, 0.5) is 5.69 Å². The van der Waals surface area contributed by atoms with Gasteiger partial charge in [0, 0.05) is 18.2 Å². The minimum Gasteiger partial charge on any atom is -0.398 e. The summed E-state index contributed by atoms with van der Waals surface area (Å²) < 4.78 is 1.87. The summed E-state index contributed by atoms with van der Waals surface area (Å²) in [5.74, 6) is 1.64. The lowest BCUT2D eigenvalue weighted by atomic mass is 10.1. The maximum atomic E-state index is 12.2. The van der Waals surface area contributed by atoms with Gasteiger partial charge in [-0.25, -0.2) is 9.67 Å². The Bertz CT molecular complexity index is 655. The number of para-hydroxylation sites is 1. The molecule has 1 aliphatic rings. The fraction of sp³-hybridized carbons (Fsp3) is 0.357. The molecule has 1 aromatic carbocycles. The second kappa shape index (κ2) is 6.13. The number of nitrogens with zero attached hydrogens (tertiary/aromatic N) is 3. The summed E-state index contributed by atoms with van der Waals surface area (Å²) in [7, 11) is 0. The first-order chi connectivity index (χ1) is 9.63. The van der Waals surface area contributed by atoms with Gasteiger partial charge in [0.25, 0.3) is 5.91 Å². The first-order valence-corrected chi connectivity index (χ1v) is 6.69. The number of aryl methyl sites for hydroxylation is 2. The lowest BCUT2D eigenvalue weighted by molar-refractivity contribution is 0.0927. The number of carbonyl (C=O) groups excluding carboxylic acids is 1. The lowest BCUT2D eigenvalue weighted by Crippen LogP contribution is -2.41. The van der Waals surface area contributed by atoms with E-state index in [0.717, 1.165) is 24.5 Å². The monoisotopic (exact) mass is 307 g/mol. The highest BCUT2D eigenvalue weighted by Gasteiger charge is 2.23. The molecule has 2 aromatic rings. The summed E-state index contributed by atoms with van der Waals surface area (Å²) in [5, 5.41) is 7.35. The molecule has 0 spiro atoms. The van der Waals surface area contributed by atoms with Crippen molar-refractivity contribution in [2.24, 2.45) is 0 Å². The molecule has 1 unspecified atom stereocenters. The molecule has 3 N–H and O–H groups in total. The van der Waals surface area contributed by atoms with Crippen LogP contribution in [0.3, 0.4) is 0 Å². The van der Waals surface area contributed by atoms with Gasteiger partial charge in [-0.2, -0.15) is 5.10 Å². The van der Waals surface area contributed by atoms with Crippen molar-refractivity contribution in [2.75, 3.05) is 5.73 Å². The van der Waals surface area contributed by atoms with Crippen LogP contribution in [0, 0.1) is 6.92 Å². The molecule has 21 heavy (non-hydrogen) atoms. The van der Waals surface area contributed by atoms with Crippen molar-refractivity contribution in [3.05, 3.63) is 41.5 Å². The van der Waals surface area contributed by atoms with Crippen molar-refractivity contribution in [1.82, 2.24) is 20.1 Å². The van der Waals surface area contributed by atoms with Crippen molar-refractivity contribution in [2.45, 2.75) is 32.4 Å². The van der Waals surface area contributed by atoms with Gasteiger partial charge < -0.3 is 11.1 Å². The number of hydrogen-bond donors (Lipinski definition) is 2. The number of rotatable bonds is 2. The molecule has 0 aliphatic carbocycles. The quantitative estimate of drug-likeness (QED) is 0.820. The van der Waals surface area contributed by atoms with Crippen LogP contribution in [0.25, 0.3) is 0 Å². The third-order valence-corrected chi connectivity index (χ3v) is 3.50. The van der Waals surface area contributed by atoms with Crippen molar-refractivity contribution in [3.8, 4) is 0 Å². The van der Waals surface area contributed by atoms with E-state index >= 15 is 0 Å². The van der Waals surface area contributed by atoms with Crippen LogP contribution in [-0.2, 0) is 13.0 Å². The Kier molecular flexibility index (Phi) is 4.47. The number of nitrogens with two attached hydrogens (primary N) is 1. The normalized spacial score (nSPS) is 16.7. The van der Waals surface area contributed by atoms with Crippen LogP contribution in [-0.4, -0.2) is 26.7 Å². The molecule has 3 rings (SSSR count). The number of amides is 1. The second-order valence-corrected chi connectivity index (χ2v) is 5.05. The highest BCUT2D eigenvalue weighted by atomic mass is 35.5. The Balaban J connectivity index is 0.00000161. The molecule has 1 aliphatic heterocycles. The average molecular weight is 308 g/mol. The van der Waals surface area contributed by atoms with Gasteiger partial charge in [0.2, 0.25) is 0 Å². The van der Waals surface area contributed by atoms with Crippen LogP contribution < -0.4 is 11.1 Å². The predicted molar refractivity (Wildman–Crippen MR) is 82.4 cm³/mol. The van der Waals surface area contributed by atoms with Gasteiger partial charge in [0.05, 0.1) is 12.1 Å². The minimum atomic E-state index is -0.131. The first kappa shape index (κ1) is 15.3. The van der Waals surface area contributed by atoms with Crippen molar-refractivity contribution in [3.63, 3.8) is 0 Å². The molecule has 0 saturated heterocycles. The highest BCUT2D eigenvalue weighted by Crippen LogP contribution is 2.15. The molecule has 2 heterocycles. The zero-order valence-electron chi connectivity index (χ0n) is 11.7. The van der Waals surface area contributed by atoms with E-state index in [1.54, 1.807) is 12.1 Å². The summed E-state index contributed by atoms with van der Waals surface area (Å²) in [6.07, 6.45) is 1.70. The number of benzene rings is 1. The molecule has 6 nitrogen and oxygen atoms in total. The third kappa shape index (κ3) is 3.16. The molecule has 1 amide bonds. The Labute approximate surface area is 129 Å². The van der Waals surface area contributed by atoms with Crippen LogP contribution >= 0.6 is 12.4 Å². The van der Waals surface area contributed by atoms with Crippen LogP contribution in [0.1, 0.15) is 28.4 Å². The van der Waals surface area contributed by atoms with E-state index in [2.05, 4.69) is 15.4 Å². The van der Waals surface area contributed by atoms with E-state index in [1.165, 1.54) is 0 Å². The van der Waals surface area contributed by atoms with E-state index in [9.17, 15) is 4.79 Å². The van der Waals surface area contributed by atoms with Crippen molar-refractivity contribution < 1.29 is 4.79 Å². The zero-order valence-corrected chi connectivity index (χ0v) is 12.6. The molecule has 1 atom stereocenters. The summed E-state index contributed by atoms with van der Waals surface area (Å²) in [6, 6.07) is 7.16.